The lowest BCUT2D eigenvalue weighted by Crippen LogP contribution is -2.01. The average Bonchev–Trinajstić information content (AvgIpc) is 2.82. The molecule has 2 rings (SSSR count). The monoisotopic (exact) mass is 260 g/mol. The van der Waals surface area contributed by atoms with Crippen molar-refractivity contribution in [1.82, 2.24) is 4.98 Å². The van der Waals surface area contributed by atoms with Gasteiger partial charge in [0.05, 0.1) is 10.7 Å². The van der Waals surface area contributed by atoms with Crippen molar-refractivity contribution in [3.05, 3.63) is 39.7 Å². The van der Waals surface area contributed by atoms with Gasteiger partial charge in [0.15, 0.2) is 0 Å². The molecule has 2 aromatic rings. The molecular formula is C15H20N2S. The van der Waals surface area contributed by atoms with Gasteiger partial charge in [0.2, 0.25) is 0 Å². The van der Waals surface area contributed by atoms with E-state index < -0.39 is 0 Å². The second kappa shape index (κ2) is 6.12. The van der Waals surface area contributed by atoms with Gasteiger partial charge in [0.1, 0.15) is 0 Å². The second-order valence-electron chi connectivity index (χ2n) is 4.32. The van der Waals surface area contributed by atoms with Crippen LogP contribution in [-0.2, 0) is 19.3 Å². The molecule has 18 heavy (non-hydrogen) atoms. The first-order valence-corrected chi connectivity index (χ1v) is 7.38. The van der Waals surface area contributed by atoms with E-state index in [4.69, 9.17) is 10.7 Å². The lowest BCUT2D eigenvalue weighted by atomic mass is 10.1. The van der Waals surface area contributed by atoms with E-state index in [9.17, 15) is 0 Å². The number of benzene rings is 1. The molecule has 3 heteroatoms. The van der Waals surface area contributed by atoms with Crippen molar-refractivity contribution in [2.45, 2.75) is 33.1 Å². The van der Waals surface area contributed by atoms with Crippen molar-refractivity contribution in [2.75, 3.05) is 6.54 Å². The third-order valence-electron chi connectivity index (χ3n) is 3.06. The van der Waals surface area contributed by atoms with Crippen molar-refractivity contribution in [3.8, 4) is 11.3 Å². The summed E-state index contributed by atoms with van der Waals surface area (Å²) in [5.74, 6) is 0. The Balaban J connectivity index is 2.35. The Morgan fingerprint density at radius 1 is 1.11 bits per heavy atom. The Bertz CT molecular complexity index is 500. The molecule has 2 nitrogen and oxygen atoms in total. The summed E-state index contributed by atoms with van der Waals surface area (Å²) in [5.41, 5.74) is 9.35. The number of hydrogen-bond donors (Lipinski definition) is 1. The molecule has 0 radical (unpaired) electrons. The van der Waals surface area contributed by atoms with Gasteiger partial charge in [-0.3, -0.25) is 0 Å². The molecule has 0 aliphatic rings. The second-order valence-corrected chi connectivity index (χ2v) is 5.49. The number of aromatic nitrogens is 1. The molecule has 0 unspecified atom stereocenters. The van der Waals surface area contributed by atoms with E-state index in [0.29, 0.717) is 6.54 Å². The smallest absolute Gasteiger partial charge is 0.0948 e. The molecule has 0 saturated heterocycles. The summed E-state index contributed by atoms with van der Waals surface area (Å²) in [6, 6.07) is 8.74. The molecule has 1 aromatic carbocycles. The number of nitrogens with zero attached hydrogens (tertiary/aromatic N) is 1. The largest absolute Gasteiger partial charge is 0.330 e. The summed E-state index contributed by atoms with van der Waals surface area (Å²) in [5, 5.41) is 1.16. The first-order chi connectivity index (χ1) is 8.78. The lowest BCUT2D eigenvalue weighted by Gasteiger charge is -2.02. The van der Waals surface area contributed by atoms with Gasteiger partial charge in [-0.15, -0.1) is 11.3 Å². The first-order valence-electron chi connectivity index (χ1n) is 6.56. The summed E-state index contributed by atoms with van der Waals surface area (Å²) < 4.78 is 0. The van der Waals surface area contributed by atoms with Crippen LogP contribution in [0.4, 0.5) is 0 Å². The van der Waals surface area contributed by atoms with Crippen molar-refractivity contribution in [1.29, 1.82) is 0 Å². The molecule has 1 heterocycles. The molecule has 0 spiro atoms. The van der Waals surface area contributed by atoms with Gasteiger partial charge in [-0.2, -0.15) is 0 Å². The predicted octanol–water partition coefficient (Wildman–Crippen LogP) is 3.44. The molecule has 0 fully saturated rings. The summed E-state index contributed by atoms with van der Waals surface area (Å²) in [4.78, 5) is 6.10. The van der Waals surface area contributed by atoms with Crippen molar-refractivity contribution in [3.63, 3.8) is 0 Å². The van der Waals surface area contributed by atoms with E-state index >= 15 is 0 Å². The van der Waals surface area contributed by atoms with Gasteiger partial charge in [-0.1, -0.05) is 38.1 Å². The molecule has 2 N–H and O–H groups in total. The number of aryl methyl sites for hydroxylation is 2. The molecule has 0 aliphatic heterocycles. The van der Waals surface area contributed by atoms with Crippen LogP contribution in [-0.4, -0.2) is 11.5 Å². The standard InChI is InChI=1S/C15H20N2S/c1-3-11-5-7-12(8-6-11)15-13(4-2)18-14(17-15)9-10-16/h5-8H,3-4,9-10,16H2,1-2H3. The highest BCUT2D eigenvalue weighted by Crippen LogP contribution is 2.29. The van der Waals surface area contributed by atoms with E-state index in [0.717, 1.165) is 30.0 Å². The highest BCUT2D eigenvalue weighted by Gasteiger charge is 2.11. The fraction of sp³-hybridized carbons (Fsp3) is 0.400. The third kappa shape index (κ3) is 2.79. The molecule has 96 valence electrons. The van der Waals surface area contributed by atoms with Crippen LogP contribution in [0.3, 0.4) is 0 Å². The van der Waals surface area contributed by atoms with E-state index in [1.54, 1.807) is 11.3 Å². The van der Waals surface area contributed by atoms with E-state index in [1.807, 2.05) is 0 Å². The summed E-state index contributed by atoms with van der Waals surface area (Å²) in [7, 11) is 0. The molecule has 0 saturated carbocycles. The van der Waals surface area contributed by atoms with Crippen molar-refractivity contribution >= 4 is 11.3 Å². The van der Waals surface area contributed by atoms with Crippen LogP contribution in [0.25, 0.3) is 11.3 Å². The van der Waals surface area contributed by atoms with Crippen LogP contribution in [0, 0.1) is 0 Å². The SMILES string of the molecule is CCc1ccc(-c2nc(CCN)sc2CC)cc1. The van der Waals surface area contributed by atoms with Crippen LogP contribution in [0.15, 0.2) is 24.3 Å². The fourth-order valence-electron chi connectivity index (χ4n) is 1.99. The third-order valence-corrected chi connectivity index (χ3v) is 4.32. The van der Waals surface area contributed by atoms with Gasteiger partial charge >= 0.3 is 0 Å². The number of nitrogens with two attached hydrogens (primary N) is 1. The highest BCUT2D eigenvalue weighted by molar-refractivity contribution is 7.12. The Morgan fingerprint density at radius 2 is 1.83 bits per heavy atom. The summed E-state index contributed by atoms with van der Waals surface area (Å²) in [6.07, 6.45) is 2.99. The van der Waals surface area contributed by atoms with E-state index in [2.05, 4.69) is 38.1 Å². The zero-order valence-electron chi connectivity index (χ0n) is 11.1. The molecular weight excluding hydrogens is 240 g/mol. The minimum absolute atomic E-state index is 0.672. The Labute approximate surface area is 113 Å². The molecule has 1 aromatic heterocycles. The average molecular weight is 260 g/mol. The quantitative estimate of drug-likeness (QED) is 0.894. The zero-order valence-corrected chi connectivity index (χ0v) is 11.9. The number of rotatable bonds is 5. The summed E-state index contributed by atoms with van der Waals surface area (Å²) in [6.45, 7) is 5.03. The van der Waals surface area contributed by atoms with Gasteiger partial charge < -0.3 is 5.73 Å². The van der Waals surface area contributed by atoms with Crippen LogP contribution < -0.4 is 5.73 Å². The van der Waals surface area contributed by atoms with Gasteiger partial charge in [-0.25, -0.2) is 4.98 Å². The van der Waals surface area contributed by atoms with Crippen LogP contribution >= 0.6 is 11.3 Å². The molecule has 0 aliphatic carbocycles. The summed E-state index contributed by atoms with van der Waals surface area (Å²) >= 11 is 1.80. The minimum atomic E-state index is 0.672. The molecule has 0 bridgehead atoms. The van der Waals surface area contributed by atoms with E-state index in [1.165, 1.54) is 16.0 Å². The molecule has 0 amide bonds. The number of hydrogen-bond acceptors (Lipinski definition) is 3. The topological polar surface area (TPSA) is 38.9 Å². The lowest BCUT2D eigenvalue weighted by molar-refractivity contribution is 0.953. The van der Waals surface area contributed by atoms with E-state index in [-0.39, 0.29) is 0 Å². The Hall–Kier alpha value is -1.19. The number of thiazole rings is 1. The van der Waals surface area contributed by atoms with Crippen molar-refractivity contribution in [2.24, 2.45) is 5.73 Å². The fourth-order valence-corrected chi connectivity index (χ4v) is 3.04. The predicted molar refractivity (Wildman–Crippen MR) is 79.1 cm³/mol. The Morgan fingerprint density at radius 3 is 2.39 bits per heavy atom. The first kappa shape index (κ1) is 13.2. The van der Waals surface area contributed by atoms with Crippen LogP contribution in [0.5, 0.6) is 0 Å². The van der Waals surface area contributed by atoms with Gasteiger partial charge in [0.25, 0.3) is 0 Å². The van der Waals surface area contributed by atoms with Crippen LogP contribution in [0.1, 0.15) is 29.3 Å². The normalized spacial score (nSPS) is 10.8. The van der Waals surface area contributed by atoms with Gasteiger partial charge in [-0.05, 0) is 24.9 Å². The molecule has 0 atom stereocenters. The van der Waals surface area contributed by atoms with Crippen LogP contribution in [0.2, 0.25) is 0 Å². The maximum Gasteiger partial charge on any atom is 0.0948 e. The zero-order chi connectivity index (χ0) is 13.0. The maximum atomic E-state index is 5.60. The highest BCUT2D eigenvalue weighted by atomic mass is 32.1. The minimum Gasteiger partial charge on any atom is -0.330 e. The van der Waals surface area contributed by atoms with Crippen molar-refractivity contribution < 1.29 is 0 Å². The maximum absolute atomic E-state index is 5.60. The van der Waals surface area contributed by atoms with Gasteiger partial charge in [0, 0.05) is 16.9 Å². The Kier molecular flexibility index (Phi) is 4.50.